The quantitative estimate of drug-likeness (QED) is 0.159. The van der Waals surface area contributed by atoms with E-state index in [1.54, 1.807) is 30.3 Å². The highest BCUT2D eigenvalue weighted by atomic mass is 79.9. The predicted molar refractivity (Wildman–Crippen MR) is 153 cm³/mol. The Bertz CT molecular complexity index is 1540. The largest absolute Gasteiger partial charge is 0.478 e. The van der Waals surface area contributed by atoms with Gasteiger partial charge in [-0.15, -0.1) is 11.8 Å². The number of carbonyl (C=O) groups excluding carboxylic acids is 2. The highest BCUT2D eigenvalue weighted by Gasteiger charge is 2.23. The topological polar surface area (TPSA) is 133 Å². The van der Waals surface area contributed by atoms with Crippen molar-refractivity contribution in [2.24, 2.45) is 0 Å². The maximum Gasteiger partial charge on any atom is 0.336 e. The van der Waals surface area contributed by atoms with E-state index in [0.717, 1.165) is 21.0 Å². The zero-order chi connectivity index (χ0) is 27.9. The van der Waals surface area contributed by atoms with Crippen LogP contribution in [-0.2, 0) is 4.79 Å². The fraction of sp³-hybridized carbons (Fsp3) is 0.0345. The summed E-state index contributed by atoms with van der Waals surface area (Å²) in [7, 11) is 0. The Labute approximate surface area is 236 Å². The molecule has 0 saturated carbocycles. The molecule has 0 aliphatic rings. The number of hydrogen-bond acceptors (Lipinski definition) is 5. The molecule has 0 fully saturated rings. The van der Waals surface area contributed by atoms with Crippen molar-refractivity contribution in [1.29, 1.82) is 0 Å². The van der Waals surface area contributed by atoms with Crippen molar-refractivity contribution in [3.63, 3.8) is 0 Å². The van der Waals surface area contributed by atoms with Gasteiger partial charge < -0.3 is 20.8 Å². The van der Waals surface area contributed by atoms with Crippen LogP contribution in [-0.4, -0.2) is 34.0 Å². The summed E-state index contributed by atoms with van der Waals surface area (Å²) in [6, 6.07) is 26.7. The molecule has 0 aromatic heterocycles. The molecule has 0 heterocycles. The van der Waals surface area contributed by atoms with Gasteiger partial charge in [0.2, 0.25) is 5.91 Å². The Morgan fingerprint density at radius 2 is 1.38 bits per heavy atom. The van der Waals surface area contributed by atoms with Crippen LogP contribution in [0.3, 0.4) is 0 Å². The molecule has 8 nitrogen and oxygen atoms in total. The molecule has 4 aromatic carbocycles. The monoisotopic (exact) mass is 604 g/mol. The zero-order valence-electron chi connectivity index (χ0n) is 20.1. The van der Waals surface area contributed by atoms with Gasteiger partial charge in [-0.25, -0.2) is 9.59 Å². The van der Waals surface area contributed by atoms with Gasteiger partial charge in [-0.3, -0.25) is 9.59 Å². The molecular formula is C29H21BrN2O6S. The number of aromatic carboxylic acids is 2. The van der Waals surface area contributed by atoms with E-state index >= 15 is 0 Å². The maximum absolute atomic E-state index is 13.3. The Morgan fingerprint density at radius 1 is 0.718 bits per heavy atom. The van der Waals surface area contributed by atoms with E-state index in [4.69, 9.17) is 5.11 Å². The average Bonchev–Trinajstić information content (AvgIpc) is 2.93. The molecule has 0 spiro atoms. The molecule has 0 aliphatic heterocycles. The fourth-order valence-electron chi connectivity index (χ4n) is 3.67. The van der Waals surface area contributed by atoms with Crippen LogP contribution in [0.4, 0.5) is 11.4 Å². The van der Waals surface area contributed by atoms with Crippen LogP contribution in [0.15, 0.2) is 106 Å². The van der Waals surface area contributed by atoms with Crippen molar-refractivity contribution >= 4 is 62.8 Å². The molecule has 39 heavy (non-hydrogen) atoms. The molecule has 1 atom stereocenters. The summed E-state index contributed by atoms with van der Waals surface area (Å²) in [5, 5.41) is 23.6. The number of benzene rings is 4. The first-order valence-corrected chi connectivity index (χ1v) is 13.2. The maximum atomic E-state index is 13.3. The first-order valence-electron chi connectivity index (χ1n) is 11.5. The van der Waals surface area contributed by atoms with Crippen LogP contribution in [0.2, 0.25) is 0 Å². The Morgan fingerprint density at radius 3 is 2.03 bits per heavy atom. The van der Waals surface area contributed by atoms with Crippen LogP contribution in [0.1, 0.15) is 41.9 Å². The van der Waals surface area contributed by atoms with Gasteiger partial charge in [0.05, 0.1) is 22.4 Å². The lowest BCUT2D eigenvalue weighted by Crippen LogP contribution is -2.19. The lowest BCUT2D eigenvalue weighted by molar-refractivity contribution is -0.115. The number of para-hydroxylation sites is 1. The average molecular weight is 605 g/mol. The highest BCUT2D eigenvalue weighted by Crippen LogP contribution is 2.37. The van der Waals surface area contributed by atoms with E-state index in [0.29, 0.717) is 11.4 Å². The van der Waals surface area contributed by atoms with Crippen LogP contribution < -0.4 is 10.6 Å². The number of rotatable bonds is 9. The van der Waals surface area contributed by atoms with Crippen LogP contribution >= 0.6 is 27.7 Å². The van der Waals surface area contributed by atoms with Crippen molar-refractivity contribution in [3.8, 4) is 0 Å². The molecule has 0 aliphatic carbocycles. The van der Waals surface area contributed by atoms with E-state index < -0.39 is 28.7 Å². The van der Waals surface area contributed by atoms with E-state index in [-0.39, 0.29) is 17.0 Å². The van der Waals surface area contributed by atoms with Gasteiger partial charge in [0, 0.05) is 15.1 Å². The minimum Gasteiger partial charge on any atom is -0.478 e. The van der Waals surface area contributed by atoms with E-state index in [2.05, 4.69) is 26.6 Å². The van der Waals surface area contributed by atoms with Crippen molar-refractivity contribution in [2.75, 3.05) is 10.6 Å². The molecule has 0 radical (unpaired) electrons. The van der Waals surface area contributed by atoms with Gasteiger partial charge in [-0.05, 0) is 76.1 Å². The number of thioether (sulfide) groups is 1. The van der Waals surface area contributed by atoms with Crippen LogP contribution in [0, 0.1) is 0 Å². The van der Waals surface area contributed by atoms with E-state index in [1.807, 2.05) is 48.5 Å². The molecule has 10 heteroatoms. The van der Waals surface area contributed by atoms with Gasteiger partial charge >= 0.3 is 11.9 Å². The second-order valence-corrected chi connectivity index (χ2v) is 10.3. The summed E-state index contributed by atoms with van der Waals surface area (Å²) in [6.45, 7) is 0. The van der Waals surface area contributed by atoms with E-state index in [9.17, 15) is 24.3 Å². The lowest BCUT2D eigenvalue weighted by Gasteiger charge is -2.18. The first-order chi connectivity index (χ1) is 18.7. The highest BCUT2D eigenvalue weighted by molar-refractivity contribution is 9.10. The van der Waals surface area contributed by atoms with Gasteiger partial charge in [0.25, 0.3) is 5.91 Å². The molecular weight excluding hydrogens is 584 g/mol. The van der Waals surface area contributed by atoms with Gasteiger partial charge in [-0.1, -0.05) is 42.5 Å². The van der Waals surface area contributed by atoms with Gasteiger partial charge in [0.15, 0.2) is 0 Å². The van der Waals surface area contributed by atoms with Crippen molar-refractivity contribution in [3.05, 3.63) is 124 Å². The summed E-state index contributed by atoms with van der Waals surface area (Å²) in [5.74, 6) is -3.61. The SMILES string of the molecule is O=C(O)c1ccc(C(=O)Nc2ccc(SC(C(=O)Nc3ccccc3Br)c3ccccc3)cc2)c(C(=O)O)c1. The van der Waals surface area contributed by atoms with E-state index in [1.165, 1.54) is 23.9 Å². The molecule has 1 unspecified atom stereocenters. The number of halogens is 1. The summed E-state index contributed by atoms with van der Waals surface area (Å²) in [4.78, 5) is 49.6. The number of carbonyl (C=O) groups is 4. The van der Waals surface area contributed by atoms with Gasteiger partial charge in [-0.2, -0.15) is 0 Å². The standard InChI is InChI=1S/C29H21BrN2O6S/c30-23-8-4-5-9-24(23)32-27(34)25(17-6-2-1-3-7-17)39-20-13-11-19(12-14-20)31-26(33)21-15-10-18(28(35)36)16-22(21)29(37)38/h1-16,25H,(H,31,33)(H,32,34)(H,35,36)(H,37,38). The van der Waals surface area contributed by atoms with Crippen LogP contribution in [0.5, 0.6) is 0 Å². The molecule has 2 amide bonds. The normalized spacial score (nSPS) is 11.3. The third-order valence-corrected chi connectivity index (χ3v) is 7.54. The number of amides is 2. The smallest absolute Gasteiger partial charge is 0.336 e. The Balaban J connectivity index is 1.51. The summed E-state index contributed by atoms with van der Waals surface area (Å²) in [6.07, 6.45) is 0. The summed E-state index contributed by atoms with van der Waals surface area (Å²) in [5.41, 5.74) is 1.05. The zero-order valence-corrected chi connectivity index (χ0v) is 22.5. The number of carboxylic acids is 2. The Hall–Kier alpha value is -4.41. The minimum atomic E-state index is -1.41. The molecule has 196 valence electrons. The second kappa shape index (κ2) is 12.4. The number of anilines is 2. The van der Waals surface area contributed by atoms with Crippen molar-refractivity contribution in [2.45, 2.75) is 10.1 Å². The van der Waals surface area contributed by atoms with Crippen molar-refractivity contribution in [1.82, 2.24) is 0 Å². The predicted octanol–water partition coefficient (Wildman–Crippen LogP) is 6.57. The third kappa shape index (κ3) is 6.92. The second-order valence-electron chi connectivity index (χ2n) is 8.23. The Kier molecular flexibility index (Phi) is 8.80. The van der Waals surface area contributed by atoms with Crippen LogP contribution in [0.25, 0.3) is 0 Å². The molecule has 0 bridgehead atoms. The molecule has 0 saturated heterocycles. The summed E-state index contributed by atoms with van der Waals surface area (Å²) < 4.78 is 0.763. The number of nitrogens with one attached hydrogen (secondary N) is 2. The molecule has 4 aromatic rings. The summed E-state index contributed by atoms with van der Waals surface area (Å²) >= 11 is 4.79. The lowest BCUT2D eigenvalue weighted by atomic mass is 10.0. The van der Waals surface area contributed by atoms with Crippen molar-refractivity contribution < 1.29 is 29.4 Å². The molecule has 4 N–H and O–H groups in total. The fourth-order valence-corrected chi connectivity index (χ4v) is 5.07. The van der Waals surface area contributed by atoms with Gasteiger partial charge in [0.1, 0.15) is 5.25 Å². The first kappa shape index (κ1) is 27.6. The number of carboxylic acid groups (broad SMARTS) is 2. The minimum absolute atomic E-state index is 0.168. The number of hydrogen-bond donors (Lipinski definition) is 4. The third-order valence-electron chi connectivity index (χ3n) is 5.58. The molecule has 4 rings (SSSR count).